The standard InChI is InChI=1S/C17H27N3/c1-3-11-18-14(6-1)10-13-20-17-9-5-7-15(17)16-8-2-4-12-19-16/h1,3,6,11,15-17,19-20H,2,4-5,7-10,12-13H2. The zero-order valence-electron chi connectivity index (χ0n) is 12.4. The maximum atomic E-state index is 4.40. The minimum atomic E-state index is 0.717. The topological polar surface area (TPSA) is 37.0 Å². The maximum absolute atomic E-state index is 4.40. The first-order valence-electron chi connectivity index (χ1n) is 8.30. The Balaban J connectivity index is 1.46. The Hall–Kier alpha value is -0.930. The number of nitrogens with zero attached hydrogens (tertiary/aromatic N) is 1. The Morgan fingerprint density at radius 1 is 1.15 bits per heavy atom. The molecule has 1 aliphatic heterocycles. The maximum Gasteiger partial charge on any atom is 0.0416 e. The Morgan fingerprint density at radius 3 is 2.95 bits per heavy atom. The molecular weight excluding hydrogens is 246 g/mol. The summed E-state index contributed by atoms with van der Waals surface area (Å²) in [6.45, 7) is 2.28. The van der Waals surface area contributed by atoms with Crippen LogP contribution in [0.4, 0.5) is 0 Å². The van der Waals surface area contributed by atoms with Crippen LogP contribution in [0.3, 0.4) is 0 Å². The van der Waals surface area contributed by atoms with E-state index in [9.17, 15) is 0 Å². The molecule has 3 rings (SSSR count). The van der Waals surface area contributed by atoms with E-state index < -0.39 is 0 Å². The molecule has 1 aromatic heterocycles. The van der Waals surface area contributed by atoms with Crippen molar-refractivity contribution >= 4 is 0 Å². The summed E-state index contributed by atoms with van der Waals surface area (Å²) in [5.74, 6) is 0.846. The summed E-state index contributed by atoms with van der Waals surface area (Å²) < 4.78 is 0. The van der Waals surface area contributed by atoms with Gasteiger partial charge in [-0.15, -0.1) is 0 Å². The molecule has 3 unspecified atom stereocenters. The van der Waals surface area contributed by atoms with Crippen molar-refractivity contribution in [2.75, 3.05) is 13.1 Å². The highest BCUT2D eigenvalue weighted by Gasteiger charge is 2.33. The summed E-state index contributed by atoms with van der Waals surface area (Å²) >= 11 is 0. The minimum Gasteiger partial charge on any atom is -0.314 e. The molecule has 3 atom stereocenters. The molecule has 110 valence electrons. The lowest BCUT2D eigenvalue weighted by atomic mass is 9.88. The molecule has 2 heterocycles. The largest absolute Gasteiger partial charge is 0.314 e. The summed E-state index contributed by atoms with van der Waals surface area (Å²) in [6.07, 6.45) is 11.2. The van der Waals surface area contributed by atoms with Crippen molar-refractivity contribution in [1.29, 1.82) is 0 Å². The van der Waals surface area contributed by atoms with E-state index in [-0.39, 0.29) is 0 Å². The van der Waals surface area contributed by atoms with Crippen molar-refractivity contribution < 1.29 is 0 Å². The van der Waals surface area contributed by atoms with Crippen LogP contribution in [-0.2, 0) is 6.42 Å². The second-order valence-electron chi connectivity index (χ2n) is 6.28. The first-order valence-corrected chi connectivity index (χ1v) is 8.30. The van der Waals surface area contributed by atoms with Gasteiger partial charge in [0, 0.05) is 36.9 Å². The fourth-order valence-electron chi connectivity index (χ4n) is 3.90. The number of nitrogens with one attached hydrogen (secondary N) is 2. The number of rotatable bonds is 5. The predicted octanol–water partition coefficient (Wildman–Crippen LogP) is 2.52. The van der Waals surface area contributed by atoms with Crippen LogP contribution >= 0.6 is 0 Å². The number of piperidine rings is 1. The highest BCUT2D eigenvalue weighted by atomic mass is 15.0. The molecule has 1 saturated carbocycles. The van der Waals surface area contributed by atoms with Crippen LogP contribution in [0.1, 0.15) is 44.2 Å². The fourth-order valence-corrected chi connectivity index (χ4v) is 3.90. The van der Waals surface area contributed by atoms with Gasteiger partial charge in [-0.1, -0.05) is 18.9 Å². The van der Waals surface area contributed by atoms with Crippen LogP contribution in [0, 0.1) is 5.92 Å². The molecule has 0 radical (unpaired) electrons. The summed E-state index contributed by atoms with van der Waals surface area (Å²) in [5, 5.41) is 7.54. The Bertz CT molecular complexity index is 386. The average molecular weight is 273 g/mol. The average Bonchev–Trinajstić information content (AvgIpc) is 2.98. The van der Waals surface area contributed by atoms with E-state index in [1.165, 1.54) is 50.8 Å². The third-order valence-corrected chi connectivity index (χ3v) is 4.95. The van der Waals surface area contributed by atoms with Gasteiger partial charge in [-0.25, -0.2) is 0 Å². The zero-order chi connectivity index (χ0) is 13.6. The molecule has 1 aliphatic carbocycles. The minimum absolute atomic E-state index is 0.717. The van der Waals surface area contributed by atoms with Crippen LogP contribution in [-0.4, -0.2) is 30.2 Å². The third-order valence-electron chi connectivity index (χ3n) is 4.95. The highest BCUT2D eigenvalue weighted by Crippen LogP contribution is 2.31. The van der Waals surface area contributed by atoms with Crippen molar-refractivity contribution in [3.05, 3.63) is 30.1 Å². The fraction of sp³-hybridized carbons (Fsp3) is 0.706. The molecule has 2 N–H and O–H groups in total. The summed E-state index contributed by atoms with van der Waals surface area (Å²) in [5.41, 5.74) is 1.20. The van der Waals surface area contributed by atoms with Crippen LogP contribution in [0.15, 0.2) is 24.4 Å². The SMILES string of the molecule is c1ccc(CCNC2CCCC2C2CCCCN2)nc1. The van der Waals surface area contributed by atoms with Crippen molar-refractivity contribution in [1.82, 2.24) is 15.6 Å². The first kappa shape index (κ1) is 14.0. The zero-order valence-corrected chi connectivity index (χ0v) is 12.4. The lowest BCUT2D eigenvalue weighted by molar-refractivity contribution is 0.258. The van der Waals surface area contributed by atoms with Gasteiger partial charge in [-0.3, -0.25) is 4.98 Å². The van der Waals surface area contributed by atoms with Crippen molar-refractivity contribution in [3.63, 3.8) is 0 Å². The van der Waals surface area contributed by atoms with Crippen molar-refractivity contribution in [3.8, 4) is 0 Å². The van der Waals surface area contributed by atoms with Gasteiger partial charge >= 0.3 is 0 Å². The summed E-state index contributed by atoms with van der Waals surface area (Å²) in [4.78, 5) is 4.40. The molecule has 0 bridgehead atoms. The molecule has 0 amide bonds. The quantitative estimate of drug-likeness (QED) is 0.865. The van der Waals surface area contributed by atoms with Crippen LogP contribution in [0.5, 0.6) is 0 Å². The first-order chi connectivity index (χ1) is 9.93. The smallest absolute Gasteiger partial charge is 0.0416 e. The van der Waals surface area contributed by atoms with E-state index in [4.69, 9.17) is 0 Å². The van der Waals surface area contributed by atoms with Gasteiger partial charge in [-0.2, -0.15) is 0 Å². The van der Waals surface area contributed by atoms with Gasteiger partial charge in [0.1, 0.15) is 0 Å². The molecule has 0 aromatic carbocycles. The summed E-state index contributed by atoms with van der Waals surface area (Å²) in [7, 11) is 0. The van der Waals surface area contributed by atoms with Crippen LogP contribution in [0.2, 0.25) is 0 Å². The molecule has 3 heteroatoms. The van der Waals surface area contributed by atoms with E-state index in [0.29, 0.717) is 6.04 Å². The van der Waals surface area contributed by atoms with Crippen LogP contribution < -0.4 is 10.6 Å². The van der Waals surface area contributed by atoms with Gasteiger partial charge < -0.3 is 10.6 Å². The summed E-state index contributed by atoms with van der Waals surface area (Å²) in [6, 6.07) is 7.66. The highest BCUT2D eigenvalue weighted by molar-refractivity contribution is 5.04. The second-order valence-corrected chi connectivity index (χ2v) is 6.28. The van der Waals surface area contributed by atoms with Crippen molar-refractivity contribution in [2.24, 2.45) is 5.92 Å². The van der Waals surface area contributed by atoms with E-state index in [1.54, 1.807) is 0 Å². The van der Waals surface area contributed by atoms with Gasteiger partial charge in [0.05, 0.1) is 0 Å². The third kappa shape index (κ3) is 3.58. The molecule has 3 nitrogen and oxygen atoms in total. The molecule has 0 spiro atoms. The molecule has 1 saturated heterocycles. The monoisotopic (exact) mass is 273 g/mol. The number of pyridine rings is 1. The Morgan fingerprint density at radius 2 is 2.15 bits per heavy atom. The second kappa shape index (κ2) is 7.19. The van der Waals surface area contributed by atoms with Gasteiger partial charge in [0.2, 0.25) is 0 Å². The number of aromatic nitrogens is 1. The molecular formula is C17H27N3. The predicted molar refractivity (Wildman–Crippen MR) is 82.7 cm³/mol. The lowest BCUT2D eigenvalue weighted by Gasteiger charge is -2.33. The van der Waals surface area contributed by atoms with E-state index in [0.717, 1.165) is 24.9 Å². The van der Waals surface area contributed by atoms with Crippen molar-refractivity contribution in [2.45, 2.75) is 57.0 Å². The van der Waals surface area contributed by atoms with Gasteiger partial charge in [0.15, 0.2) is 0 Å². The number of hydrogen-bond acceptors (Lipinski definition) is 3. The molecule has 1 aromatic rings. The van der Waals surface area contributed by atoms with E-state index in [2.05, 4.69) is 27.8 Å². The van der Waals surface area contributed by atoms with Gasteiger partial charge in [-0.05, 0) is 50.3 Å². The Labute approximate surface area is 122 Å². The molecule has 20 heavy (non-hydrogen) atoms. The van der Waals surface area contributed by atoms with E-state index in [1.807, 2.05) is 12.3 Å². The van der Waals surface area contributed by atoms with Gasteiger partial charge in [0.25, 0.3) is 0 Å². The molecule has 2 fully saturated rings. The lowest BCUT2D eigenvalue weighted by Crippen LogP contribution is -2.47. The molecule has 2 aliphatic rings. The Kier molecular flexibility index (Phi) is 5.04. The van der Waals surface area contributed by atoms with Crippen LogP contribution in [0.25, 0.3) is 0 Å². The normalized spacial score (nSPS) is 30.5. The van der Waals surface area contributed by atoms with E-state index >= 15 is 0 Å². The number of hydrogen-bond donors (Lipinski definition) is 2.